The minimum Gasteiger partial charge on any atom is -0.486 e. The smallest absolute Gasteiger partial charge is 0.240 e. The Labute approximate surface area is 175 Å². The first-order valence-corrected chi connectivity index (χ1v) is 10.1. The van der Waals surface area contributed by atoms with E-state index in [1.165, 1.54) is 0 Å². The molecule has 0 spiro atoms. The normalized spacial score (nSPS) is 13.1. The van der Waals surface area contributed by atoms with Crippen molar-refractivity contribution >= 4 is 5.78 Å². The van der Waals surface area contributed by atoms with Gasteiger partial charge in [-0.25, -0.2) is 0 Å². The first-order valence-electron chi connectivity index (χ1n) is 10.1. The maximum absolute atomic E-state index is 13.0. The Hall–Kier alpha value is -3.13. The van der Waals surface area contributed by atoms with E-state index in [0.29, 0.717) is 37.0 Å². The molecule has 30 heavy (non-hydrogen) atoms. The number of rotatable bonds is 7. The fourth-order valence-corrected chi connectivity index (χ4v) is 3.73. The van der Waals surface area contributed by atoms with Crippen LogP contribution in [0.4, 0.5) is 0 Å². The summed E-state index contributed by atoms with van der Waals surface area (Å²) in [7, 11) is 1.87. The minimum atomic E-state index is 0.0459. The van der Waals surface area contributed by atoms with Gasteiger partial charge in [0.05, 0.1) is 13.1 Å². The molecule has 0 aliphatic carbocycles. The van der Waals surface area contributed by atoms with E-state index in [0.717, 1.165) is 35.0 Å². The second-order valence-corrected chi connectivity index (χ2v) is 7.50. The van der Waals surface area contributed by atoms with E-state index >= 15 is 0 Å². The zero-order chi connectivity index (χ0) is 21.3. The zero-order valence-corrected chi connectivity index (χ0v) is 17.8. The minimum absolute atomic E-state index is 0.0459. The number of carbonyl (C=O) groups is 1. The average molecular weight is 410 g/mol. The van der Waals surface area contributed by atoms with Crippen molar-refractivity contribution in [3.8, 4) is 17.2 Å². The number of hydrogen-bond acceptors (Lipinski definition) is 7. The molecule has 0 atom stereocenters. The number of ketones is 1. The Kier molecular flexibility index (Phi) is 5.59. The van der Waals surface area contributed by atoms with Crippen molar-refractivity contribution in [1.82, 2.24) is 19.6 Å². The highest BCUT2D eigenvalue weighted by Gasteiger charge is 2.20. The third-order valence-corrected chi connectivity index (χ3v) is 5.16. The van der Waals surface area contributed by atoms with Gasteiger partial charge < -0.3 is 18.6 Å². The number of benzene rings is 1. The molecule has 0 amide bonds. The standard InChI is InChI=1S/C22H26N4O4/c1-5-21-23-22(30-24-21)13-25(4)12-18(27)17-10-14(2)26(15(17)3)16-6-7-19-20(11-16)29-9-8-28-19/h6-7,10-11H,5,8-9,12-13H2,1-4H3. The van der Waals surface area contributed by atoms with Crippen LogP contribution in [0.5, 0.6) is 11.5 Å². The van der Waals surface area contributed by atoms with E-state index in [9.17, 15) is 4.79 Å². The number of ether oxygens (including phenoxy) is 2. The van der Waals surface area contributed by atoms with Gasteiger partial charge in [-0.1, -0.05) is 12.1 Å². The molecular weight excluding hydrogens is 384 g/mol. The molecular formula is C22H26N4O4. The number of hydrogen-bond donors (Lipinski definition) is 0. The predicted octanol–water partition coefficient (Wildman–Crippen LogP) is 3.13. The Morgan fingerprint density at radius 3 is 2.67 bits per heavy atom. The Bertz CT molecular complexity index is 1070. The fourth-order valence-electron chi connectivity index (χ4n) is 3.73. The highest BCUT2D eigenvalue weighted by atomic mass is 16.6. The molecule has 8 heteroatoms. The molecule has 3 heterocycles. The van der Waals surface area contributed by atoms with Gasteiger partial charge in [0.2, 0.25) is 5.89 Å². The second kappa shape index (κ2) is 8.31. The van der Waals surface area contributed by atoms with Crippen molar-refractivity contribution < 1.29 is 18.8 Å². The number of aryl methyl sites for hydroxylation is 2. The first-order chi connectivity index (χ1) is 14.5. The summed E-state index contributed by atoms with van der Waals surface area (Å²) in [5, 5.41) is 3.90. The van der Waals surface area contributed by atoms with Gasteiger partial charge in [-0.3, -0.25) is 9.69 Å². The summed E-state index contributed by atoms with van der Waals surface area (Å²) in [6, 6.07) is 7.78. The highest BCUT2D eigenvalue weighted by molar-refractivity contribution is 5.99. The lowest BCUT2D eigenvalue weighted by Crippen LogP contribution is -2.26. The van der Waals surface area contributed by atoms with Gasteiger partial charge in [-0.15, -0.1) is 0 Å². The Morgan fingerprint density at radius 2 is 1.93 bits per heavy atom. The van der Waals surface area contributed by atoms with Gasteiger partial charge >= 0.3 is 0 Å². The van der Waals surface area contributed by atoms with E-state index in [-0.39, 0.29) is 12.3 Å². The lowest BCUT2D eigenvalue weighted by molar-refractivity contribution is 0.0936. The van der Waals surface area contributed by atoms with Gasteiger partial charge in [0, 0.05) is 35.1 Å². The van der Waals surface area contributed by atoms with Crippen LogP contribution in [0, 0.1) is 13.8 Å². The number of carbonyl (C=O) groups excluding carboxylic acids is 1. The van der Waals surface area contributed by atoms with Crippen LogP contribution in [0.3, 0.4) is 0 Å². The van der Waals surface area contributed by atoms with Crippen LogP contribution in [0.2, 0.25) is 0 Å². The molecule has 1 aliphatic heterocycles. The molecule has 0 unspecified atom stereocenters. The Morgan fingerprint density at radius 1 is 1.17 bits per heavy atom. The van der Waals surface area contributed by atoms with Crippen LogP contribution < -0.4 is 9.47 Å². The lowest BCUT2D eigenvalue weighted by atomic mass is 10.1. The van der Waals surface area contributed by atoms with Crippen molar-refractivity contribution in [2.75, 3.05) is 26.8 Å². The molecule has 2 aromatic heterocycles. The summed E-state index contributed by atoms with van der Waals surface area (Å²) in [4.78, 5) is 19.2. The number of aromatic nitrogens is 3. The van der Waals surface area contributed by atoms with E-state index < -0.39 is 0 Å². The number of Topliss-reactive ketones (excluding diaryl/α,β-unsaturated/α-hetero) is 1. The highest BCUT2D eigenvalue weighted by Crippen LogP contribution is 2.33. The van der Waals surface area contributed by atoms with Crippen molar-refractivity contribution in [3.05, 3.63) is 52.9 Å². The van der Waals surface area contributed by atoms with E-state index in [1.807, 2.05) is 57.0 Å². The zero-order valence-electron chi connectivity index (χ0n) is 17.8. The van der Waals surface area contributed by atoms with Crippen LogP contribution in [0.1, 0.15) is 40.4 Å². The quantitative estimate of drug-likeness (QED) is 0.554. The molecule has 4 rings (SSSR count). The van der Waals surface area contributed by atoms with Gasteiger partial charge in [-0.2, -0.15) is 4.98 Å². The molecule has 8 nitrogen and oxygen atoms in total. The van der Waals surface area contributed by atoms with Gasteiger partial charge in [0.15, 0.2) is 23.1 Å². The molecule has 1 aliphatic rings. The third-order valence-electron chi connectivity index (χ3n) is 5.16. The van der Waals surface area contributed by atoms with Crippen molar-refractivity contribution in [1.29, 1.82) is 0 Å². The molecule has 1 aromatic carbocycles. The topological polar surface area (TPSA) is 82.6 Å². The van der Waals surface area contributed by atoms with Crippen LogP contribution in [0.25, 0.3) is 5.69 Å². The fraction of sp³-hybridized carbons (Fsp3) is 0.409. The van der Waals surface area contributed by atoms with Gasteiger partial charge in [0.25, 0.3) is 0 Å². The third kappa shape index (κ3) is 3.95. The summed E-state index contributed by atoms with van der Waals surface area (Å²) >= 11 is 0. The summed E-state index contributed by atoms with van der Waals surface area (Å²) in [6.07, 6.45) is 0.720. The second-order valence-electron chi connectivity index (χ2n) is 7.50. The van der Waals surface area contributed by atoms with E-state index in [1.54, 1.807) is 0 Å². The maximum atomic E-state index is 13.0. The molecule has 0 N–H and O–H groups in total. The molecule has 0 bridgehead atoms. The van der Waals surface area contributed by atoms with Crippen molar-refractivity contribution in [2.24, 2.45) is 0 Å². The molecule has 0 fully saturated rings. The van der Waals surface area contributed by atoms with E-state index in [4.69, 9.17) is 14.0 Å². The summed E-state index contributed by atoms with van der Waals surface area (Å²) < 4.78 is 18.6. The summed E-state index contributed by atoms with van der Waals surface area (Å²) in [5.74, 6) is 2.71. The van der Waals surface area contributed by atoms with Crippen molar-refractivity contribution in [3.63, 3.8) is 0 Å². The molecule has 0 saturated carbocycles. The lowest BCUT2D eigenvalue weighted by Gasteiger charge is -2.20. The predicted molar refractivity (Wildman–Crippen MR) is 111 cm³/mol. The summed E-state index contributed by atoms with van der Waals surface area (Å²) in [6.45, 7) is 7.71. The first kappa shape index (κ1) is 20.2. The maximum Gasteiger partial charge on any atom is 0.240 e. The average Bonchev–Trinajstić information content (AvgIpc) is 3.31. The number of nitrogens with zero attached hydrogens (tertiary/aromatic N) is 4. The number of likely N-dealkylation sites (N-methyl/N-ethyl adjacent to an activating group) is 1. The molecule has 3 aromatic rings. The largest absolute Gasteiger partial charge is 0.486 e. The van der Waals surface area contributed by atoms with Gasteiger partial charge in [-0.05, 0) is 39.1 Å². The SMILES string of the molecule is CCc1noc(CN(C)CC(=O)c2cc(C)n(-c3ccc4c(c3)OCCO4)c2C)n1. The Balaban J connectivity index is 1.52. The van der Waals surface area contributed by atoms with Crippen LogP contribution in [-0.2, 0) is 13.0 Å². The van der Waals surface area contributed by atoms with Crippen LogP contribution in [0.15, 0.2) is 28.8 Å². The van der Waals surface area contributed by atoms with Crippen LogP contribution >= 0.6 is 0 Å². The monoisotopic (exact) mass is 410 g/mol. The van der Waals surface area contributed by atoms with Gasteiger partial charge in [0.1, 0.15) is 13.2 Å². The molecule has 0 radical (unpaired) electrons. The number of fused-ring (bicyclic) bond motifs is 1. The molecule has 0 saturated heterocycles. The van der Waals surface area contributed by atoms with Crippen molar-refractivity contribution in [2.45, 2.75) is 33.7 Å². The van der Waals surface area contributed by atoms with E-state index in [2.05, 4.69) is 14.7 Å². The van der Waals surface area contributed by atoms with Crippen LogP contribution in [-0.4, -0.2) is 52.2 Å². The summed E-state index contributed by atoms with van der Waals surface area (Å²) in [5.41, 5.74) is 3.53. The molecule has 158 valence electrons.